The average molecular weight is 312 g/mol. The van der Waals surface area contributed by atoms with Crippen LogP contribution in [-0.2, 0) is 14.3 Å². The van der Waals surface area contributed by atoms with Gasteiger partial charge in [-0.25, -0.2) is 9.59 Å². The Morgan fingerprint density at radius 2 is 1.95 bits per heavy atom. The third-order valence-corrected chi connectivity index (χ3v) is 3.93. The second-order valence-electron chi connectivity index (χ2n) is 7.23. The molecule has 1 heterocycles. The minimum Gasteiger partial charge on any atom is -0.479 e. The quantitative estimate of drug-likeness (QED) is 0.817. The normalized spacial score (nSPS) is 25.0. The molecular weight excluding hydrogens is 288 g/mol. The van der Waals surface area contributed by atoms with Crippen molar-refractivity contribution in [2.45, 2.75) is 57.6 Å². The van der Waals surface area contributed by atoms with Gasteiger partial charge in [-0.3, -0.25) is 4.79 Å². The van der Waals surface area contributed by atoms with Crippen LogP contribution in [0.25, 0.3) is 0 Å². The molecule has 0 aromatic carbocycles. The first-order chi connectivity index (χ1) is 10.1. The number of carboxylic acid groups (broad SMARTS) is 1. The first-order valence-corrected chi connectivity index (χ1v) is 7.64. The van der Waals surface area contributed by atoms with Gasteiger partial charge in [0.15, 0.2) is 5.54 Å². The van der Waals surface area contributed by atoms with Gasteiger partial charge in [0.25, 0.3) is 0 Å². The Balaban J connectivity index is 1.99. The molecule has 7 nitrogen and oxygen atoms in total. The van der Waals surface area contributed by atoms with Gasteiger partial charge in [-0.1, -0.05) is 0 Å². The van der Waals surface area contributed by atoms with E-state index in [4.69, 9.17) is 4.74 Å². The van der Waals surface area contributed by atoms with Gasteiger partial charge in [0.05, 0.1) is 6.54 Å². The average Bonchev–Trinajstić information content (AvgIpc) is 3.04. The lowest BCUT2D eigenvalue weighted by Crippen LogP contribution is -2.57. The van der Waals surface area contributed by atoms with Gasteiger partial charge in [-0.15, -0.1) is 0 Å². The maximum atomic E-state index is 12.1. The molecule has 0 bridgehead atoms. The third kappa shape index (κ3) is 4.11. The van der Waals surface area contributed by atoms with Crippen molar-refractivity contribution in [1.82, 2.24) is 10.2 Å². The van der Waals surface area contributed by atoms with Crippen molar-refractivity contribution in [1.29, 1.82) is 0 Å². The fourth-order valence-electron chi connectivity index (χ4n) is 2.55. The van der Waals surface area contributed by atoms with Gasteiger partial charge in [-0.2, -0.15) is 0 Å². The second-order valence-corrected chi connectivity index (χ2v) is 7.23. The zero-order chi connectivity index (χ0) is 16.5. The molecule has 1 aliphatic carbocycles. The molecule has 7 heteroatoms. The van der Waals surface area contributed by atoms with Gasteiger partial charge < -0.3 is 20.1 Å². The zero-order valence-corrected chi connectivity index (χ0v) is 13.3. The predicted molar refractivity (Wildman–Crippen MR) is 78.3 cm³/mol. The van der Waals surface area contributed by atoms with Crippen molar-refractivity contribution in [3.8, 4) is 0 Å². The van der Waals surface area contributed by atoms with Crippen LogP contribution in [0.4, 0.5) is 4.79 Å². The Morgan fingerprint density at radius 3 is 2.45 bits per heavy atom. The number of alkyl carbamates (subject to hydrolysis) is 1. The van der Waals surface area contributed by atoms with E-state index in [9.17, 15) is 19.5 Å². The molecule has 1 atom stereocenters. The van der Waals surface area contributed by atoms with E-state index in [1.165, 1.54) is 4.90 Å². The highest BCUT2D eigenvalue weighted by molar-refractivity contribution is 5.87. The highest BCUT2D eigenvalue weighted by Gasteiger charge is 2.48. The van der Waals surface area contributed by atoms with E-state index in [-0.39, 0.29) is 18.9 Å². The molecule has 1 unspecified atom stereocenters. The number of aliphatic carboxylic acids is 1. The van der Waals surface area contributed by atoms with Crippen LogP contribution >= 0.6 is 0 Å². The van der Waals surface area contributed by atoms with Crippen LogP contribution in [0.2, 0.25) is 0 Å². The molecule has 0 aromatic rings. The van der Waals surface area contributed by atoms with Crippen molar-refractivity contribution >= 4 is 18.0 Å². The Kier molecular flexibility index (Phi) is 4.35. The van der Waals surface area contributed by atoms with E-state index in [0.717, 1.165) is 12.8 Å². The summed E-state index contributed by atoms with van der Waals surface area (Å²) in [6.07, 6.45) is 2.03. The van der Waals surface area contributed by atoms with Crippen LogP contribution in [0.1, 0.15) is 46.5 Å². The number of hydrogen-bond donors (Lipinski definition) is 2. The first-order valence-electron chi connectivity index (χ1n) is 7.64. The Labute approximate surface area is 130 Å². The van der Waals surface area contributed by atoms with Crippen LogP contribution in [0.3, 0.4) is 0 Å². The van der Waals surface area contributed by atoms with Gasteiger partial charge in [0, 0.05) is 19.4 Å². The minimum absolute atomic E-state index is 0.00682. The van der Waals surface area contributed by atoms with Crippen LogP contribution in [0, 0.1) is 5.92 Å². The summed E-state index contributed by atoms with van der Waals surface area (Å²) in [6.45, 7) is 5.46. The number of carbonyl (C=O) groups is 3. The molecule has 2 amide bonds. The lowest BCUT2D eigenvalue weighted by Gasteiger charge is -2.28. The summed E-state index contributed by atoms with van der Waals surface area (Å²) in [7, 11) is 0. The molecule has 1 saturated carbocycles. The molecule has 2 aliphatic rings. The summed E-state index contributed by atoms with van der Waals surface area (Å²) in [4.78, 5) is 37.1. The van der Waals surface area contributed by atoms with Crippen molar-refractivity contribution in [2.75, 3.05) is 13.1 Å². The number of hydrogen-bond acceptors (Lipinski definition) is 4. The number of rotatable bonds is 4. The van der Waals surface area contributed by atoms with E-state index in [1.807, 2.05) is 0 Å². The summed E-state index contributed by atoms with van der Waals surface area (Å²) in [5, 5.41) is 11.9. The lowest BCUT2D eigenvalue weighted by molar-refractivity contribution is -0.144. The maximum Gasteiger partial charge on any atom is 0.408 e. The minimum atomic E-state index is -1.46. The third-order valence-electron chi connectivity index (χ3n) is 3.93. The van der Waals surface area contributed by atoms with Crippen LogP contribution < -0.4 is 5.32 Å². The molecule has 2 rings (SSSR count). The zero-order valence-electron chi connectivity index (χ0n) is 13.3. The predicted octanol–water partition coefficient (Wildman–Crippen LogP) is 1.37. The lowest BCUT2D eigenvalue weighted by atomic mass is 9.99. The molecular formula is C15H24N2O5. The molecule has 0 spiro atoms. The summed E-state index contributed by atoms with van der Waals surface area (Å²) < 4.78 is 5.13. The van der Waals surface area contributed by atoms with Crippen LogP contribution in [0.15, 0.2) is 0 Å². The number of likely N-dealkylation sites (tertiary alicyclic amines) is 1. The molecule has 2 fully saturated rings. The van der Waals surface area contributed by atoms with Gasteiger partial charge in [0.1, 0.15) is 5.60 Å². The highest BCUT2D eigenvalue weighted by Crippen LogP contribution is 2.34. The van der Waals surface area contributed by atoms with Gasteiger partial charge in [-0.05, 0) is 39.5 Å². The second kappa shape index (κ2) is 5.78. The van der Waals surface area contributed by atoms with Gasteiger partial charge in [0.2, 0.25) is 5.91 Å². The molecule has 124 valence electrons. The topological polar surface area (TPSA) is 95.9 Å². The Morgan fingerprint density at radius 1 is 1.32 bits per heavy atom. The highest BCUT2D eigenvalue weighted by atomic mass is 16.6. The van der Waals surface area contributed by atoms with Crippen molar-refractivity contribution in [2.24, 2.45) is 5.92 Å². The molecule has 0 aromatic heterocycles. The molecule has 0 radical (unpaired) electrons. The fraction of sp³-hybridized carbons (Fsp3) is 0.800. The van der Waals surface area contributed by atoms with E-state index in [0.29, 0.717) is 18.9 Å². The van der Waals surface area contributed by atoms with E-state index >= 15 is 0 Å². The summed E-state index contributed by atoms with van der Waals surface area (Å²) >= 11 is 0. The number of nitrogens with one attached hydrogen (secondary N) is 1. The summed E-state index contributed by atoms with van der Waals surface area (Å²) in [5.41, 5.74) is -2.16. The fourth-order valence-corrected chi connectivity index (χ4v) is 2.55. The van der Waals surface area contributed by atoms with E-state index < -0.39 is 23.2 Å². The summed E-state index contributed by atoms with van der Waals surface area (Å²) in [6, 6.07) is 0. The number of carbonyl (C=O) groups excluding carboxylic acids is 2. The SMILES string of the molecule is CC(C)(C)OC(=O)NC1(C(=O)O)CCN(C(=O)CC2CC2)C1. The largest absolute Gasteiger partial charge is 0.479 e. The molecule has 1 saturated heterocycles. The smallest absolute Gasteiger partial charge is 0.408 e. The Bertz CT molecular complexity index is 481. The summed E-state index contributed by atoms with van der Waals surface area (Å²) in [5.74, 6) is -0.720. The van der Waals surface area contributed by atoms with E-state index in [1.54, 1.807) is 20.8 Å². The van der Waals surface area contributed by atoms with Crippen LogP contribution in [0.5, 0.6) is 0 Å². The molecule has 2 N–H and O–H groups in total. The first kappa shape index (κ1) is 16.6. The number of nitrogens with zero attached hydrogens (tertiary/aromatic N) is 1. The molecule has 22 heavy (non-hydrogen) atoms. The maximum absolute atomic E-state index is 12.1. The van der Waals surface area contributed by atoms with Crippen molar-refractivity contribution in [3.05, 3.63) is 0 Å². The van der Waals surface area contributed by atoms with Crippen molar-refractivity contribution < 1.29 is 24.2 Å². The van der Waals surface area contributed by atoms with Gasteiger partial charge >= 0.3 is 12.1 Å². The monoisotopic (exact) mass is 312 g/mol. The number of ether oxygens (including phenoxy) is 1. The Hall–Kier alpha value is -1.79. The number of amides is 2. The number of carboxylic acids is 1. The standard InChI is InChI=1S/C15H24N2O5/c1-14(2,3)22-13(21)16-15(12(19)20)6-7-17(9-15)11(18)8-10-4-5-10/h10H,4-9H2,1-3H3,(H,16,21)(H,19,20). The molecule has 1 aliphatic heterocycles. The van der Waals surface area contributed by atoms with Crippen molar-refractivity contribution in [3.63, 3.8) is 0 Å². The van der Waals surface area contributed by atoms with E-state index in [2.05, 4.69) is 5.32 Å². The van der Waals surface area contributed by atoms with Crippen LogP contribution in [-0.4, -0.2) is 52.2 Å².